The van der Waals surface area contributed by atoms with Gasteiger partial charge in [-0.25, -0.2) is 14.0 Å². The highest BCUT2D eigenvalue weighted by atomic mass is 19.1. The van der Waals surface area contributed by atoms with E-state index in [0.717, 1.165) is 0 Å². The van der Waals surface area contributed by atoms with Gasteiger partial charge in [-0.1, -0.05) is 0 Å². The zero-order chi connectivity index (χ0) is 18.1. The van der Waals surface area contributed by atoms with Crippen LogP contribution in [0.1, 0.15) is 38.7 Å². The maximum Gasteiger partial charge on any atom is 0.411 e. The van der Waals surface area contributed by atoms with Crippen LogP contribution in [0.25, 0.3) is 0 Å². The van der Waals surface area contributed by atoms with Crippen LogP contribution < -0.4 is 4.74 Å². The predicted molar refractivity (Wildman–Crippen MR) is 84.7 cm³/mol. The molecule has 1 heterocycles. The third kappa shape index (κ3) is 3.77. The zero-order valence-electron chi connectivity index (χ0n) is 14.2. The van der Waals surface area contributed by atoms with E-state index < -0.39 is 35.4 Å². The van der Waals surface area contributed by atoms with Gasteiger partial charge >= 0.3 is 12.1 Å². The molecule has 2 rings (SSSR count). The first-order valence-electron chi connectivity index (χ1n) is 7.70. The molecule has 1 aromatic carbocycles. The first kappa shape index (κ1) is 18.0. The van der Waals surface area contributed by atoms with Crippen molar-refractivity contribution in [2.24, 2.45) is 0 Å². The third-order valence-corrected chi connectivity index (χ3v) is 3.87. The van der Waals surface area contributed by atoms with Gasteiger partial charge in [0.05, 0.1) is 7.11 Å². The number of carbonyl (C=O) groups excluding carboxylic acids is 1. The van der Waals surface area contributed by atoms with Crippen LogP contribution in [0.15, 0.2) is 18.2 Å². The number of halogens is 1. The van der Waals surface area contributed by atoms with Gasteiger partial charge in [0, 0.05) is 18.0 Å². The summed E-state index contributed by atoms with van der Waals surface area (Å²) in [5.74, 6) is -1.81. The fourth-order valence-corrected chi connectivity index (χ4v) is 2.94. The fourth-order valence-electron chi connectivity index (χ4n) is 2.94. The van der Waals surface area contributed by atoms with E-state index in [-0.39, 0.29) is 6.54 Å². The van der Waals surface area contributed by atoms with Gasteiger partial charge in [-0.05, 0) is 45.4 Å². The molecule has 1 fully saturated rings. The molecule has 7 heteroatoms. The van der Waals surface area contributed by atoms with Gasteiger partial charge in [-0.2, -0.15) is 0 Å². The number of carbonyl (C=O) groups is 2. The monoisotopic (exact) mass is 339 g/mol. The van der Waals surface area contributed by atoms with Gasteiger partial charge in [0.2, 0.25) is 0 Å². The Balaban J connectivity index is 2.35. The van der Waals surface area contributed by atoms with Crippen LogP contribution in [0.5, 0.6) is 5.75 Å². The molecule has 0 aromatic heterocycles. The molecule has 1 aromatic rings. The zero-order valence-corrected chi connectivity index (χ0v) is 14.2. The molecule has 0 unspecified atom stereocenters. The minimum atomic E-state index is -1.16. The molecule has 1 N–H and O–H groups in total. The number of amides is 1. The van der Waals surface area contributed by atoms with E-state index in [4.69, 9.17) is 9.47 Å². The smallest absolute Gasteiger partial charge is 0.411 e. The predicted octanol–water partition coefficient (Wildman–Crippen LogP) is 3.01. The Morgan fingerprint density at radius 1 is 1.33 bits per heavy atom. The number of nitrogens with zero attached hydrogens (tertiary/aromatic N) is 1. The number of rotatable bonds is 3. The summed E-state index contributed by atoms with van der Waals surface area (Å²) in [6, 6.07) is 2.84. The first-order valence-corrected chi connectivity index (χ1v) is 7.70. The summed E-state index contributed by atoms with van der Waals surface area (Å²) < 4.78 is 24.1. The van der Waals surface area contributed by atoms with Crippen molar-refractivity contribution in [1.82, 2.24) is 4.90 Å². The average Bonchev–Trinajstić information content (AvgIpc) is 2.90. The summed E-state index contributed by atoms with van der Waals surface area (Å²) in [4.78, 5) is 25.3. The minimum absolute atomic E-state index is 0.218. The van der Waals surface area contributed by atoms with E-state index in [2.05, 4.69) is 0 Å². The minimum Gasteiger partial charge on any atom is -0.496 e. The van der Waals surface area contributed by atoms with Crippen molar-refractivity contribution in [1.29, 1.82) is 0 Å². The van der Waals surface area contributed by atoms with Crippen LogP contribution in [0.3, 0.4) is 0 Å². The Labute approximate surface area is 140 Å². The van der Waals surface area contributed by atoms with Gasteiger partial charge in [0.25, 0.3) is 0 Å². The quantitative estimate of drug-likeness (QED) is 0.916. The summed E-state index contributed by atoms with van der Waals surface area (Å²) in [5.41, 5.74) is -0.287. The number of hydrogen-bond acceptors (Lipinski definition) is 4. The molecule has 0 aliphatic carbocycles. The van der Waals surface area contributed by atoms with Crippen LogP contribution in [0.4, 0.5) is 9.18 Å². The number of benzene rings is 1. The van der Waals surface area contributed by atoms with Crippen molar-refractivity contribution < 1.29 is 28.6 Å². The summed E-state index contributed by atoms with van der Waals surface area (Å²) in [7, 11) is 1.44. The molecular weight excluding hydrogens is 317 g/mol. The summed E-state index contributed by atoms with van der Waals surface area (Å²) >= 11 is 0. The second-order valence-corrected chi connectivity index (χ2v) is 6.74. The van der Waals surface area contributed by atoms with Crippen molar-refractivity contribution in [3.63, 3.8) is 0 Å². The highest BCUT2D eigenvalue weighted by Gasteiger charge is 2.45. The molecule has 1 saturated heterocycles. The Bertz CT molecular complexity index is 640. The topological polar surface area (TPSA) is 76.1 Å². The Hall–Kier alpha value is -2.31. The van der Waals surface area contributed by atoms with E-state index >= 15 is 0 Å². The first-order chi connectivity index (χ1) is 11.1. The lowest BCUT2D eigenvalue weighted by Crippen LogP contribution is -2.45. The fraction of sp³-hybridized carbons (Fsp3) is 0.529. The molecule has 0 radical (unpaired) electrons. The standard InChI is InChI=1S/C17H22FNO5/c1-17(2,3)24-16(22)19-8-7-11(14(19)15(20)21)12-9-10(18)5-6-13(12)23-4/h5-6,9,11,14H,7-8H2,1-4H3,(H,20,21)/t11-,14-/m1/s1. The molecule has 0 saturated carbocycles. The Morgan fingerprint density at radius 2 is 2.00 bits per heavy atom. The van der Waals surface area contributed by atoms with Crippen LogP contribution in [0.2, 0.25) is 0 Å². The van der Waals surface area contributed by atoms with Crippen molar-refractivity contribution in [2.45, 2.75) is 44.8 Å². The molecule has 2 atom stereocenters. The van der Waals surface area contributed by atoms with Gasteiger partial charge in [0.1, 0.15) is 23.2 Å². The molecule has 0 spiro atoms. The average molecular weight is 339 g/mol. The summed E-state index contributed by atoms with van der Waals surface area (Å²) in [6.45, 7) is 5.35. The van der Waals surface area contributed by atoms with E-state index in [1.54, 1.807) is 20.8 Å². The number of methoxy groups -OCH3 is 1. The lowest BCUT2D eigenvalue weighted by molar-refractivity contribution is -0.142. The molecule has 132 valence electrons. The van der Waals surface area contributed by atoms with Crippen LogP contribution in [-0.2, 0) is 9.53 Å². The van der Waals surface area contributed by atoms with Crippen molar-refractivity contribution in [3.05, 3.63) is 29.6 Å². The number of hydrogen-bond donors (Lipinski definition) is 1. The molecular formula is C17H22FNO5. The SMILES string of the molecule is COc1ccc(F)cc1[C@H]1CCN(C(=O)OC(C)(C)C)[C@H]1C(=O)O. The van der Waals surface area contributed by atoms with E-state index in [1.165, 1.54) is 30.2 Å². The van der Waals surface area contributed by atoms with Gasteiger partial charge in [-0.3, -0.25) is 4.90 Å². The highest BCUT2D eigenvalue weighted by molar-refractivity contribution is 5.82. The molecule has 6 nitrogen and oxygen atoms in total. The lowest BCUT2D eigenvalue weighted by atomic mass is 9.91. The Morgan fingerprint density at radius 3 is 2.54 bits per heavy atom. The number of carboxylic acids is 1. The molecule has 1 aliphatic rings. The number of aliphatic carboxylic acids is 1. The van der Waals surface area contributed by atoms with E-state index in [9.17, 15) is 19.1 Å². The van der Waals surface area contributed by atoms with Gasteiger partial charge in [0.15, 0.2) is 0 Å². The molecule has 0 bridgehead atoms. The van der Waals surface area contributed by atoms with Crippen LogP contribution in [0, 0.1) is 5.82 Å². The Kier molecular flexibility index (Phi) is 5.01. The summed E-state index contributed by atoms with van der Waals surface area (Å²) in [6.07, 6.45) is -0.302. The molecule has 24 heavy (non-hydrogen) atoms. The van der Waals surface area contributed by atoms with Crippen LogP contribution in [-0.4, -0.2) is 47.4 Å². The third-order valence-electron chi connectivity index (χ3n) is 3.87. The largest absolute Gasteiger partial charge is 0.496 e. The molecule has 1 amide bonds. The second kappa shape index (κ2) is 6.67. The van der Waals surface area contributed by atoms with Crippen LogP contribution >= 0.6 is 0 Å². The molecule has 1 aliphatic heterocycles. The van der Waals surface area contributed by atoms with Gasteiger partial charge < -0.3 is 14.6 Å². The summed E-state index contributed by atoms with van der Waals surface area (Å²) in [5, 5.41) is 9.61. The second-order valence-electron chi connectivity index (χ2n) is 6.74. The van der Waals surface area contributed by atoms with Crippen molar-refractivity contribution in [3.8, 4) is 5.75 Å². The van der Waals surface area contributed by atoms with E-state index in [1.807, 2.05) is 0 Å². The number of carboxylic acid groups (broad SMARTS) is 1. The van der Waals surface area contributed by atoms with Crippen molar-refractivity contribution in [2.75, 3.05) is 13.7 Å². The normalized spacial score (nSPS) is 20.8. The van der Waals surface area contributed by atoms with Gasteiger partial charge in [-0.15, -0.1) is 0 Å². The lowest BCUT2D eigenvalue weighted by Gasteiger charge is -2.28. The number of likely N-dealkylation sites (tertiary alicyclic amines) is 1. The van der Waals surface area contributed by atoms with Crippen molar-refractivity contribution >= 4 is 12.1 Å². The maximum absolute atomic E-state index is 13.6. The van der Waals surface area contributed by atoms with E-state index in [0.29, 0.717) is 17.7 Å². The maximum atomic E-state index is 13.6. The number of ether oxygens (including phenoxy) is 2. The highest BCUT2D eigenvalue weighted by Crippen LogP contribution is 2.39.